The second-order valence-electron chi connectivity index (χ2n) is 9.33. The van der Waals surface area contributed by atoms with Gasteiger partial charge < -0.3 is 15.4 Å². The van der Waals surface area contributed by atoms with Gasteiger partial charge in [0.2, 0.25) is 11.8 Å². The minimum absolute atomic E-state index is 0.103. The molecule has 4 rings (SSSR count). The first kappa shape index (κ1) is 28.5. The molecular weight excluding hydrogens is 514 g/mol. The van der Waals surface area contributed by atoms with E-state index in [1.54, 1.807) is 7.11 Å². The molecule has 2 aliphatic heterocycles. The summed E-state index contributed by atoms with van der Waals surface area (Å²) >= 11 is 1.27. The van der Waals surface area contributed by atoms with Crippen LogP contribution in [0, 0.1) is 0 Å². The van der Waals surface area contributed by atoms with Crippen molar-refractivity contribution in [3.8, 4) is 0 Å². The molecule has 2 unspecified atom stereocenters. The van der Waals surface area contributed by atoms with Crippen molar-refractivity contribution in [1.29, 1.82) is 0 Å². The lowest BCUT2D eigenvalue weighted by molar-refractivity contribution is -0.125. The Labute approximate surface area is 233 Å². The first-order chi connectivity index (χ1) is 19.0. The molecule has 0 spiro atoms. The zero-order valence-electron chi connectivity index (χ0n) is 22.4. The summed E-state index contributed by atoms with van der Waals surface area (Å²) in [5, 5.41) is 5.90. The molecule has 3 amide bonds. The molecule has 0 radical (unpaired) electrons. The van der Waals surface area contributed by atoms with E-state index in [-0.39, 0.29) is 24.1 Å². The fraction of sp³-hybridized carbons (Fsp3) is 0.414. The van der Waals surface area contributed by atoms with Gasteiger partial charge in [0.05, 0.1) is 10.9 Å². The van der Waals surface area contributed by atoms with Crippen molar-refractivity contribution in [3.05, 3.63) is 65.7 Å². The molecule has 0 bridgehead atoms. The number of carbonyl (C=O) groups is 3. The minimum Gasteiger partial charge on any atom is -0.385 e. The van der Waals surface area contributed by atoms with E-state index in [4.69, 9.17) is 14.7 Å². The van der Waals surface area contributed by atoms with E-state index in [1.165, 1.54) is 16.7 Å². The van der Waals surface area contributed by atoms with Crippen LogP contribution in [-0.2, 0) is 25.5 Å². The van der Waals surface area contributed by atoms with Crippen LogP contribution in [0.25, 0.3) is 0 Å². The van der Waals surface area contributed by atoms with Crippen LogP contribution in [0.3, 0.4) is 0 Å². The van der Waals surface area contributed by atoms with Gasteiger partial charge in [-0.2, -0.15) is 0 Å². The maximum atomic E-state index is 13.5. The number of fused-ring (bicyclic) bond motifs is 3. The Morgan fingerprint density at radius 1 is 1.08 bits per heavy atom. The lowest BCUT2D eigenvalue weighted by Crippen LogP contribution is -2.43. The molecule has 0 fully saturated rings. The van der Waals surface area contributed by atoms with E-state index in [0.717, 1.165) is 24.0 Å². The first-order valence-electron chi connectivity index (χ1n) is 13.4. The molecule has 0 aliphatic carbocycles. The number of hydrogen-bond acceptors (Lipinski definition) is 7. The molecule has 9 nitrogen and oxygen atoms in total. The van der Waals surface area contributed by atoms with Gasteiger partial charge in [0.25, 0.3) is 5.91 Å². The van der Waals surface area contributed by atoms with Gasteiger partial charge in [-0.25, -0.2) is 9.89 Å². The second-order valence-corrected chi connectivity index (χ2v) is 10.5. The van der Waals surface area contributed by atoms with E-state index in [0.29, 0.717) is 49.2 Å². The van der Waals surface area contributed by atoms with E-state index in [1.807, 2.05) is 61.5 Å². The molecule has 10 heteroatoms. The summed E-state index contributed by atoms with van der Waals surface area (Å²) in [7, 11) is 1.63. The van der Waals surface area contributed by atoms with Crippen LogP contribution in [0.15, 0.2) is 64.6 Å². The molecular formula is C29H35N5O4S. The molecule has 2 N–H and O–H groups in total. The SMILES string of the molecule is CCC(SC1=Nc2ccccc2C2=NC(CCC(=O)NCCc3ccccc3)C(=O)N12)C(=O)NCCCOC. The Balaban J connectivity index is 1.40. The summed E-state index contributed by atoms with van der Waals surface area (Å²) in [6.07, 6.45) is 2.53. The number of amides is 3. The number of aliphatic imine (C=N–C) groups is 2. The summed E-state index contributed by atoms with van der Waals surface area (Å²) in [6, 6.07) is 16.8. The molecule has 2 atom stereocenters. The molecule has 39 heavy (non-hydrogen) atoms. The van der Waals surface area contributed by atoms with E-state index in [9.17, 15) is 14.4 Å². The number of thioether (sulfide) groups is 1. The van der Waals surface area contributed by atoms with Crippen molar-refractivity contribution in [1.82, 2.24) is 15.5 Å². The number of hydrogen-bond donors (Lipinski definition) is 2. The van der Waals surface area contributed by atoms with E-state index >= 15 is 0 Å². The summed E-state index contributed by atoms with van der Waals surface area (Å²) in [5.41, 5.74) is 2.63. The largest absolute Gasteiger partial charge is 0.385 e. The zero-order chi connectivity index (χ0) is 27.6. The molecule has 0 saturated carbocycles. The highest BCUT2D eigenvalue weighted by Crippen LogP contribution is 2.35. The van der Waals surface area contributed by atoms with Gasteiger partial charge >= 0.3 is 0 Å². The normalized spacial score (nSPS) is 16.6. The number of amidine groups is 2. The molecule has 0 aromatic heterocycles. The Morgan fingerprint density at radius 3 is 2.62 bits per heavy atom. The Kier molecular flexibility index (Phi) is 10.3. The third-order valence-electron chi connectivity index (χ3n) is 6.51. The standard InChI is InChI=1S/C29H35N5O4S/c1-3-24(27(36)31-17-9-19-38-2)39-29-33-22-13-8-7-12-21(22)26-32-23(28(37)34(26)29)14-15-25(35)30-18-16-20-10-5-4-6-11-20/h4-8,10-13,23-24H,3,9,14-19H2,1-2H3,(H,30,35)(H,31,36). The van der Waals surface area contributed by atoms with Gasteiger partial charge in [0.15, 0.2) is 5.17 Å². The third-order valence-corrected chi connectivity index (χ3v) is 7.82. The number of para-hydroxylation sites is 1. The number of rotatable bonds is 13. The van der Waals surface area contributed by atoms with Gasteiger partial charge in [-0.15, -0.1) is 0 Å². The fourth-order valence-electron chi connectivity index (χ4n) is 4.41. The second kappa shape index (κ2) is 14.0. The van der Waals surface area contributed by atoms with Gasteiger partial charge in [0, 0.05) is 38.8 Å². The number of nitrogens with one attached hydrogen (secondary N) is 2. The van der Waals surface area contributed by atoms with Crippen LogP contribution in [0.2, 0.25) is 0 Å². The van der Waals surface area contributed by atoms with Crippen molar-refractivity contribution in [2.24, 2.45) is 9.98 Å². The quantitative estimate of drug-likeness (QED) is 0.372. The lowest BCUT2D eigenvalue weighted by atomic mass is 10.1. The average Bonchev–Trinajstić information content (AvgIpc) is 3.29. The average molecular weight is 550 g/mol. The smallest absolute Gasteiger partial charge is 0.259 e. The van der Waals surface area contributed by atoms with Gasteiger partial charge in [-0.05, 0) is 43.4 Å². The van der Waals surface area contributed by atoms with Gasteiger partial charge in [0.1, 0.15) is 11.9 Å². The number of carbonyl (C=O) groups excluding carboxylic acids is 3. The maximum absolute atomic E-state index is 13.5. The van der Waals surface area contributed by atoms with E-state index in [2.05, 4.69) is 10.6 Å². The molecule has 2 heterocycles. The summed E-state index contributed by atoms with van der Waals surface area (Å²) in [4.78, 5) is 49.9. The molecule has 0 saturated heterocycles. The lowest BCUT2D eigenvalue weighted by Gasteiger charge is -2.27. The van der Waals surface area contributed by atoms with Crippen molar-refractivity contribution in [2.45, 2.75) is 50.3 Å². The number of benzene rings is 2. The minimum atomic E-state index is -0.681. The van der Waals surface area contributed by atoms with E-state index < -0.39 is 11.3 Å². The monoisotopic (exact) mass is 549 g/mol. The predicted octanol–water partition coefficient (Wildman–Crippen LogP) is 3.45. The maximum Gasteiger partial charge on any atom is 0.259 e. The first-order valence-corrected chi connectivity index (χ1v) is 14.2. The Bertz CT molecular complexity index is 1230. The topological polar surface area (TPSA) is 112 Å². The number of ether oxygens (including phenoxy) is 1. The Morgan fingerprint density at radius 2 is 1.85 bits per heavy atom. The highest BCUT2D eigenvalue weighted by atomic mass is 32.2. The summed E-state index contributed by atoms with van der Waals surface area (Å²) in [6.45, 7) is 3.56. The fourth-order valence-corrected chi connectivity index (χ4v) is 5.45. The third kappa shape index (κ3) is 7.33. The number of nitrogens with zero attached hydrogens (tertiary/aromatic N) is 3. The predicted molar refractivity (Wildman–Crippen MR) is 154 cm³/mol. The molecule has 2 aliphatic rings. The van der Waals surface area contributed by atoms with Crippen molar-refractivity contribution in [2.75, 3.05) is 26.8 Å². The van der Waals surface area contributed by atoms with Crippen molar-refractivity contribution >= 4 is 46.2 Å². The van der Waals surface area contributed by atoms with Crippen molar-refractivity contribution in [3.63, 3.8) is 0 Å². The molecule has 2 aromatic carbocycles. The highest BCUT2D eigenvalue weighted by Gasteiger charge is 2.42. The van der Waals surface area contributed by atoms with Gasteiger partial charge in [-0.1, -0.05) is 61.2 Å². The molecule has 2 aromatic rings. The summed E-state index contributed by atoms with van der Waals surface area (Å²) < 4.78 is 5.05. The summed E-state index contributed by atoms with van der Waals surface area (Å²) in [5.74, 6) is 0.0915. The van der Waals surface area contributed by atoms with Crippen LogP contribution < -0.4 is 10.6 Å². The molecule has 206 valence electrons. The zero-order valence-corrected chi connectivity index (χ0v) is 23.2. The van der Waals surface area contributed by atoms with Crippen LogP contribution in [0.4, 0.5) is 5.69 Å². The van der Waals surface area contributed by atoms with Crippen LogP contribution >= 0.6 is 11.8 Å². The Hall–Kier alpha value is -3.50. The van der Waals surface area contributed by atoms with Crippen molar-refractivity contribution < 1.29 is 19.1 Å². The van der Waals surface area contributed by atoms with Crippen LogP contribution in [0.5, 0.6) is 0 Å². The van der Waals surface area contributed by atoms with Crippen LogP contribution in [0.1, 0.15) is 43.7 Å². The van der Waals surface area contributed by atoms with Gasteiger partial charge in [-0.3, -0.25) is 19.4 Å². The van der Waals surface area contributed by atoms with Crippen LogP contribution in [-0.4, -0.2) is 71.7 Å². The highest BCUT2D eigenvalue weighted by molar-refractivity contribution is 8.15. The number of methoxy groups -OCH3 is 1.